The third-order valence-corrected chi connectivity index (χ3v) is 0. The van der Waals surface area contributed by atoms with Crippen molar-refractivity contribution in [2.24, 2.45) is 0 Å². The average molecular weight is 514 g/mol. The van der Waals surface area contributed by atoms with E-state index in [-0.39, 0.29) is 88.4 Å². The molecule has 0 saturated heterocycles. The van der Waals surface area contributed by atoms with Crippen LogP contribution in [0.1, 0.15) is 0 Å². The molecule has 0 aliphatic heterocycles. The summed E-state index contributed by atoms with van der Waals surface area (Å²) in [6.45, 7) is 0. The zero-order valence-corrected chi connectivity index (χ0v) is 13.4. The molecule has 0 aliphatic carbocycles. The molecule has 64 valence electrons. The van der Waals surface area contributed by atoms with Crippen molar-refractivity contribution >= 4 is 0 Å². The SMILES string of the molecule is C[N+](C)(C)C.[I-].[I-].[I-].[Ni+2]. The van der Waals surface area contributed by atoms with Crippen LogP contribution in [0.15, 0.2) is 0 Å². The van der Waals surface area contributed by atoms with Gasteiger partial charge in [-0.05, 0) is 0 Å². The molecule has 0 amide bonds. The second kappa shape index (κ2) is 13.2. The normalized spacial score (nSPS) is 6.67. The Balaban J connectivity index is -0.0000000133. The second-order valence-electron chi connectivity index (χ2n) is 2.68. The Hall–Kier alpha value is 2.64. The summed E-state index contributed by atoms with van der Waals surface area (Å²) in [7, 11) is 8.50. The summed E-state index contributed by atoms with van der Waals surface area (Å²) in [5.41, 5.74) is 0. The molecule has 0 N–H and O–H groups in total. The smallest absolute Gasteiger partial charge is 1.00 e. The minimum atomic E-state index is 0. The minimum absolute atomic E-state index is 0. The van der Waals surface area contributed by atoms with Crippen molar-refractivity contribution in [3.05, 3.63) is 0 Å². The van der Waals surface area contributed by atoms with Crippen molar-refractivity contribution < 1.29 is 92.9 Å². The number of hydrogen-bond acceptors (Lipinski definition) is 0. The first kappa shape index (κ1) is 29.9. The molecule has 0 unspecified atom stereocenters. The maximum Gasteiger partial charge on any atom is 2.00 e. The van der Waals surface area contributed by atoms with Crippen LogP contribution in [0.3, 0.4) is 0 Å². The van der Waals surface area contributed by atoms with Gasteiger partial charge in [-0.3, -0.25) is 0 Å². The first-order valence-corrected chi connectivity index (χ1v) is 1.79. The molecule has 0 aromatic rings. The van der Waals surface area contributed by atoms with E-state index in [1.807, 2.05) is 0 Å². The van der Waals surface area contributed by atoms with Crippen molar-refractivity contribution in [1.29, 1.82) is 0 Å². The molecular formula is C4H12I3NNi. The average Bonchev–Trinajstić information content (AvgIpc) is 0.722. The molecule has 0 fully saturated rings. The fourth-order valence-electron chi connectivity index (χ4n) is 0. The monoisotopic (exact) mass is 513 g/mol. The van der Waals surface area contributed by atoms with Gasteiger partial charge in [0, 0.05) is 0 Å². The Morgan fingerprint density at radius 1 is 0.667 bits per heavy atom. The van der Waals surface area contributed by atoms with Gasteiger partial charge >= 0.3 is 16.5 Å². The molecule has 0 bridgehead atoms. The summed E-state index contributed by atoms with van der Waals surface area (Å²) >= 11 is 0. The number of halogens is 3. The van der Waals surface area contributed by atoms with Crippen LogP contribution in [0.25, 0.3) is 0 Å². The maximum atomic E-state index is 2.12. The van der Waals surface area contributed by atoms with Crippen molar-refractivity contribution in [2.45, 2.75) is 0 Å². The zero-order valence-electron chi connectivity index (χ0n) is 5.90. The van der Waals surface area contributed by atoms with Crippen molar-refractivity contribution in [3.8, 4) is 0 Å². The van der Waals surface area contributed by atoms with E-state index in [1.54, 1.807) is 0 Å². The van der Waals surface area contributed by atoms with E-state index in [2.05, 4.69) is 28.2 Å². The summed E-state index contributed by atoms with van der Waals surface area (Å²) in [6, 6.07) is 0. The Labute approximate surface area is 119 Å². The zero-order chi connectivity index (χ0) is 4.50. The largest absolute Gasteiger partial charge is 2.00 e. The first-order chi connectivity index (χ1) is 2.00. The van der Waals surface area contributed by atoms with E-state index >= 15 is 0 Å². The molecule has 0 aliphatic rings. The van der Waals surface area contributed by atoms with Gasteiger partial charge in [-0.25, -0.2) is 0 Å². The van der Waals surface area contributed by atoms with Gasteiger partial charge in [0.15, 0.2) is 0 Å². The Kier molecular flexibility index (Phi) is 44.0. The molecule has 0 aromatic heterocycles. The van der Waals surface area contributed by atoms with E-state index < -0.39 is 0 Å². The number of nitrogens with zero attached hydrogens (tertiary/aromatic N) is 1. The molecule has 5 heteroatoms. The predicted octanol–water partition coefficient (Wildman–Crippen LogP) is -8.67. The van der Waals surface area contributed by atoms with Gasteiger partial charge < -0.3 is 76.4 Å². The predicted molar refractivity (Wildman–Crippen MR) is 24.0 cm³/mol. The second-order valence-corrected chi connectivity index (χ2v) is 2.68. The number of quaternary nitrogens is 1. The van der Waals surface area contributed by atoms with Crippen LogP contribution in [0, 0.1) is 0 Å². The van der Waals surface area contributed by atoms with Crippen molar-refractivity contribution in [3.63, 3.8) is 0 Å². The van der Waals surface area contributed by atoms with Gasteiger partial charge in [-0.2, -0.15) is 0 Å². The summed E-state index contributed by atoms with van der Waals surface area (Å²) in [5.74, 6) is 0. The van der Waals surface area contributed by atoms with E-state index in [0.717, 1.165) is 4.48 Å². The van der Waals surface area contributed by atoms with Gasteiger partial charge in [0.2, 0.25) is 0 Å². The molecule has 9 heavy (non-hydrogen) atoms. The summed E-state index contributed by atoms with van der Waals surface area (Å²) in [6.07, 6.45) is 0. The van der Waals surface area contributed by atoms with Crippen LogP contribution < -0.4 is 71.9 Å². The van der Waals surface area contributed by atoms with Gasteiger partial charge in [-0.15, -0.1) is 0 Å². The van der Waals surface area contributed by atoms with Crippen molar-refractivity contribution in [1.82, 2.24) is 0 Å². The van der Waals surface area contributed by atoms with E-state index in [9.17, 15) is 0 Å². The summed E-state index contributed by atoms with van der Waals surface area (Å²) in [5, 5.41) is 0. The number of rotatable bonds is 0. The number of hydrogen-bond donors (Lipinski definition) is 0. The topological polar surface area (TPSA) is 0 Å². The molecule has 0 radical (unpaired) electrons. The van der Waals surface area contributed by atoms with Crippen LogP contribution >= 0.6 is 0 Å². The third-order valence-electron chi connectivity index (χ3n) is 0. The molecule has 0 heterocycles. The van der Waals surface area contributed by atoms with Crippen LogP contribution in [-0.2, 0) is 16.5 Å². The quantitative estimate of drug-likeness (QED) is 0.172. The van der Waals surface area contributed by atoms with Crippen LogP contribution in [0.2, 0.25) is 0 Å². The molecule has 1 nitrogen and oxygen atoms in total. The molecule has 0 aromatic carbocycles. The third kappa shape index (κ3) is 114. The minimum Gasteiger partial charge on any atom is -1.00 e. The first-order valence-electron chi connectivity index (χ1n) is 1.79. The van der Waals surface area contributed by atoms with Crippen molar-refractivity contribution in [2.75, 3.05) is 28.2 Å². The van der Waals surface area contributed by atoms with Gasteiger partial charge in [0.25, 0.3) is 0 Å². The molecule has 0 saturated carbocycles. The standard InChI is InChI=1S/C4H12N.3HI.Ni/c1-5(2,3)4;;;;/h1-4H3;3*1H;/q+1;;;;+2/p-3. The van der Waals surface area contributed by atoms with E-state index in [1.165, 1.54) is 0 Å². The van der Waals surface area contributed by atoms with Crippen LogP contribution in [0.5, 0.6) is 0 Å². The molecule has 0 spiro atoms. The van der Waals surface area contributed by atoms with Gasteiger partial charge in [0.05, 0.1) is 28.2 Å². The Bertz CT molecular complexity index is 31.3. The molecule has 0 rings (SSSR count). The van der Waals surface area contributed by atoms with Gasteiger partial charge in [0.1, 0.15) is 0 Å². The van der Waals surface area contributed by atoms with Crippen LogP contribution in [0.4, 0.5) is 0 Å². The fraction of sp³-hybridized carbons (Fsp3) is 1.00. The Morgan fingerprint density at radius 2 is 0.667 bits per heavy atom. The van der Waals surface area contributed by atoms with Crippen LogP contribution in [-0.4, -0.2) is 32.7 Å². The van der Waals surface area contributed by atoms with Gasteiger partial charge in [-0.1, -0.05) is 0 Å². The summed E-state index contributed by atoms with van der Waals surface area (Å²) in [4.78, 5) is 0. The summed E-state index contributed by atoms with van der Waals surface area (Å²) < 4.78 is 1.00. The Morgan fingerprint density at radius 3 is 0.667 bits per heavy atom. The molecule has 0 atom stereocenters. The van der Waals surface area contributed by atoms with E-state index in [4.69, 9.17) is 0 Å². The van der Waals surface area contributed by atoms with E-state index in [0.29, 0.717) is 0 Å². The molecular weight excluding hydrogens is 501 g/mol. The maximum absolute atomic E-state index is 2.12. The fourth-order valence-corrected chi connectivity index (χ4v) is 0.